The summed E-state index contributed by atoms with van der Waals surface area (Å²) in [6, 6.07) is 17.4. The van der Waals surface area contributed by atoms with Crippen LogP contribution >= 0.6 is 35.0 Å². The summed E-state index contributed by atoms with van der Waals surface area (Å²) in [5.74, 6) is 0. The summed E-state index contributed by atoms with van der Waals surface area (Å²) in [6.07, 6.45) is -4.78. The first-order valence-electron chi connectivity index (χ1n) is 15.8. The molecule has 0 saturated heterocycles. The predicted molar refractivity (Wildman–Crippen MR) is 190 cm³/mol. The lowest BCUT2D eigenvalue weighted by molar-refractivity contribution is -0.385. The number of nitrogens with zero attached hydrogens (tertiary/aromatic N) is 2. The lowest BCUT2D eigenvalue weighted by atomic mass is 9.91. The van der Waals surface area contributed by atoms with Gasteiger partial charge in [0.2, 0.25) is 0 Å². The molecule has 2 aliphatic carbocycles. The Morgan fingerprint density at radius 2 is 1.11 bits per heavy atom. The Labute approximate surface area is 314 Å². The van der Waals surface area contributed by atoms with Crippen LogP contribution in [0.4, 0.5) is 37.7 Å². The molecule has 0 bridgehead atoms. The molecule has 0 aromatic heterocycles. The van der Waals surface area contributed by atoms with Crippen LogP contribution in [-0.2, 0) is 35.0 Å². The van der Waals surface area contributed by atoms with Crippen LogP contribution in [0.15, 0.2) is 94.7 Å². The molecule has 2 aliphatic rings. The van der Waals surface area contributed by atoms with Gasteiger partial charge in [-0.2, -0.15) is 26.3 Å². The molecule has 2 unspecified atom stereocenters. The normalized spacial score (nSPS) is 16.8. The SMILES string of the molecule is ClCCl.O=[N+]([O-])c1ccc2c(c1)C(S(=O)(=O)c1ccc(C(F)(F)F)cc1)CCC2.O=[N+]([O-])c1ccc2c(c1)C(Sc1ccc(C(F)(F)F)cc1)CCC2. The van der Waals surface area contributed by atoms with Crippen molar-refractivity contribution in [3.8, 4) is 0 Å². The van der Waals surface area contributed by atoms with Crippen LogP contribution in [-0.4, -0.2) is 23.6 Å². The molecule has 0 fully saturated rings. The van der Waals surface area contributed by atoms with E-state index in [9.17, 15) is 55.0 Å². The van der Waals surface area contributed by atoms with Crippen molar-refractivity contribution in [1.29, 1.82) is 0 Å². The molecule has 0 heterocycles. The summed E-state index contributed by atoms with van der Waals surface area (Å²) in [5, 5.41) is 21.2. The summed E-state index contributed by atoms with van der Waals surface area (Å²) in [4.78, 5) is 21.4. The fraction of sp³-hybridized carbons (Fsp3) is 0.314. The maximum Gasteiger partial charge on any atom is 0.416 e. The first kappa shape index (κ1) is 41.9. The number of sulfone groups is 1. The van der Waals surface area contributed by atoms with Crippen molar-refractivity contribution in [2.75, 3.05) is 5.34 Å². The summed E-state index contributed by atoms with van der Waals surface area (Å²) < 4.78 is 102. The minimum absolute atomic E-state index is 0.0189. The van der Waals surface area contributed by atoms with Crippen LogP contribution in [0.1, 0.15) is 69.6 Å². The summed E-state index contributed by atoms with van der Waals surface area (Å²) in [7, 11) is -3.97. The molecule has 53 heavy (non-hydrogen) atoms. The second-order valence-electron chi connectivity index (χ2n) is 11.9. The van der Waals surface area contributed by atoms with Crippen molar-refractivity contribution >= 4 is 56.2 Å². The van der Waals surface area contributed by atoms with Crippen LogP contribution in [0.25, 0.3) is 0 Å². The molecule has 18 heteroatoms. The van der Waals surface area contributed by atoms with E-state index in [2.05, 4.69) is 0 Å². The molecule has 4 aromatic rings. The fourth-order valence-electron chi connectivity index (χ4n) is 6.04. The lowest BCUT2D eigenvalue weighted by Crippen LogP contribution is -2.19. The number of rotatable bonds is 6. The second-order valence-corrected chi connectivity index (χ2v) is 16.1. The molecule has 4 aromatic carbocycles. The monoisotopic (exact) mass is 822 g/mol. The van der Waals surface area contributed by atoms with E-state index in [1.54, 1.807) is 18.2 Å². The highest BCUT2D eigenvalue weighted by Gasteiger charge is 2.36. The number of hydrogen-bond donors (Lipinski definition) is 0. The fourth-order valence-corrected chi connectivity index (χ4v) is 9.17. The van der Waals surface area contributed by atoms with Crippen LogP contribution < -0.4 is 0 Å². The van der Waals surface area contributed by atoms with Crippen molar-refractivity contribution < 1.29 is 44.6 Å². The molecule has 0 aliphatic heterocycles. The van der Waals surface area contributed by atoms with Gasteiger partial charge in [-0.3, -0.25) is 20.2 Å². The van der Waals surface area contributed by atoms with Gasteiger partial charge < -0.3 is 0 Å². The molecule has 0 N–H and O–H groups in total. The van der Waals surface area contributed by atoms with Crippen LogP contribution in [0.3, 0.4) is 0 Å². The van der Waals surface area contributed by atoms with E-state index >= 15 is 0 Å². The molecule has 0 radical (unpaired) electrons. The number of non-ortho nitro benzene ring substituents is 2. The third-order valence-electron chi connectivity index (χ3n) is 8.54. The number of aryl methyl sites for hydroxylation is 2. The van der Waals surface area contributed by atoms with Gasteiger partial charge in [-0.05, 0) is 109 Å². The van der Waals surface area contributed by atoms with Crippen molar-refractivity contribution in [3.05, 3.63) is 139 Å². The Morgan fingerprint density at radius 1 is 0.679 bits per heavy atom. The van der Waals surface area contributed by atoms with Crippen molar-refractivity contribution in [2.24, 2.45) is 0 Å². The maximum atomic E-state index is 12.9. The van der Waals surface area contributed by atoms with Gasteiger partial charge in [0, 0.05) is 34.4 Å². The Bertz CT molecular complexity index is 2030. The number of alkyl halides is 8. The van der Waals surface area contributed by atoms with Gasteiger partial charge in [0.1, 0.15) is 0 Å². The van der Waals surface area contributed by atoms with E-state index < -0.39 is 48.4 Å². The van der Waals surface area contributed by atoms with Crippen LogP contribution in [0.5, 0.6) is 0 Å². The number of thioether (sulfide) groups is 1. The number of hydrogen-bond acceptors (Lipinski definition) is 7. The summed E-state index contributed by atoms with van der Waals surface area (Å²) in [6.45, 7) is 0. The van der Waals surface area contributed by atoms with E-state index in [1.807, 2.05) is 0 Å². The van der Waals surface area contributed by atoms with Gasteiger partial charge in [-0.25, -0.2) is 8.42 Å². The standard InChI is InChI=1S/C17H14F3NO4S.C17H14F3NO2S.CH2Cl2/c18-17(19,20)12-5-8-14(9-6-12)26(24,25)16-3-1-2-11-4-7-13(21(22)23)10-15(11)16;18-17(19,20)12-5-8-14(9-6-12)24-16-3-1-2-11-4-7-13(21(22)23)10-15(11)16;2-1-3/h4-10,16H,1-3H2;4-10,16H,1-3H2;1H2. The van der Waals surface area contributed by atoms with Crippen molar-refractivity contribution in [3.63, 3.8) is 0 Å². The lowest BCUT2D eigenvalue weighted by Gasteiger charge is -2.25. The van der Waals surface area contributed by atoms with Gasteiger partial charge >= 0.3 is 12.4 Å². The third-order valence-corrected chi connectivity index (χ3v) is 12.0. The Morgan fingerprint density at radius 3 is 1.58 bits per heavy atom. The zero-order chi connectivity index (χ0) is 39.1. The Balaban J connectivity index is 0.000000221. The largest absolute Gasteiger partial charge is 0.416 e. The number of halogens is 8. The van der Waals surface area contributed by atoms with Crippen molar-refractivity contribution in [2.45, 2.75) is 71.2 Å². The number of nitro groups is 2. The van der Waals surface area contributed by atoms with Gasteiger partial charge in [-0.15, -0.1) is 35.0 Å². The van der Waals surface area contributed by atoms with E-state index in [0.717, 1.165) is 71.7 Å². The van der Waals surface area contributed by atoms with E-state index in [4.69, 9.17) is 23.2 Å². The average Bonchev–Trinajstić information content (AvgIpc) is 3.11. The highest BCUT2D eigenvalue weighted by molar-refractivity contribution is 7.99. The molecule has 2 atom stereocenters. The third kappa shape index (κ3) is 10.6. The van der Waals surface area contributed by atoms with Gasteiger partial charge in [0.25, 0.3) is 11.4 Å². The number of benzene rings is 4. The van der Waals surface area contributed by atoms with E-state index in [-0.39, 0.29) is 33.3 Å². The second kappa shape index (κ2) is 17.5. The van der Waals surface area contributed by atoms with Gasteiger partial charge in [0.15, 0.2) is 9.84 Å². The zero-order valence-electron chi connectivity index (χ0n) is 27.4. The minimum atomic E-state index is -4.56. The average molecular weight is 824 g/mol. The molecule has 0 amide bonds. The highest BCUT2D eigenvalue weighted by Crippen LogP contribution is 2.45. The quantitative estimate of drug-likeness (QED) is 0.0821. The minimum Gasteiger partial charge on any atom is -0.258 e. The molecule has 6 rings (SSSR count). The Kier molecular flexibility index (Phi) is 13.8. The predicted octanol–water partition coefficient (Wildman–Crippen LogP) is 11.7. The highest BCUT2D eigenvalue weighted by atomic mass is 35.5. The molecular formula is C35H30Cl2F6N2O6S2. The Hall–Kier alpha value is -3.86. The topological polar surface area (TPSA) is 120 Å². The molecule has 284 valence electrons. The van der Waals surface area contributed by atoms with Crippen molar-refractivity contribution in [1.82, 2.24) is 0 Å². The van der Waals surface area contributed by atoms with E-state index in [0.29, 0.717) is 24.0 Å². The summed E-state index contributed by atoms with van der Waals surface area (Å²) in [5.41, 5.74) is 1.29. The van der Waals surface area contributed by atoms with Gasteiger partial charge in [-0.1, -0.05) is 12.1 Å². The zero-order valence-corrected chi connectivity index (χ0v) is 30.5. The molecular weight excluding hydrogens is 793 g/mol. The van der Waals surface area contributed by atoms with Crippen LogP contribution in [0.2, 0.25) is 0 Å². The maximum absolute atomic E-state index is 12.9. The summed E-state index contributed by atoms with van der Waals surface area (Å²) >= 11 is 11.0. The molecule has 0 saturated carbocycles. The number of fused-ring (bicyclic) bond motifs is 2. The smallest absolute Gasteiger partial charge is 0.258 e. The van der Waals surface area contributed by atoms with Crippen LogP contribution in [0, 0.1) is 20.2 Å². The molecule has 0 spiro atoms. The van der Waals surface area contributed by atoms with E-state index in [1.165, 1.54) is 42.1 Å². The first-order valence-corrected chi connectivity index (χ1v) is 19.3. The number of nitro benzene ring substituents is 2. The first-order chi connectivity index (χ1) is 24.9. The van der Waals surface area contributed by atoms with Gasteiger partial charge in [0.05, 0.1) is 36.5 Å². The molecule has 8 nitrogen and oxygen atoms in total.